The molecule has 1 aromatic carbocycles. The summed E-state index contributed by atoms with van der Waals surface area (Å²) in [5, 5.41) is 2.67. The van der Waals surface area contributed by atoms with Crippen LogP contribution in [-0.2, 0) is 11.2 Å². The number of fused-ring (bicyclic) bond motifs is 1. The zero-order valence-electron chi connectivity index (χ0n) is 19.1. The normalized spacial score (nSPS) is 24.9. The van der Waals surface area contributed by atoms with Crippen LogP contribution in [0.2, 0.25) is 0 Å². The van der Waals surface area contributed by atoms with Crippen LogP contribution in [0.1, 0.15) is 48.0 Å². The minimum Gasteiger partial charge on any atom is -0.487 e. The van der Waals surface area contributed by atoms with Crippen molar-refractivity contribution in [2.24, 2.45) is 11.8 Å². The van der Waals surface area contributed by atoms with E-state index in [0.717, 1.165) is 24.7 Å². The number of carbonyl (C=O) groups excluding carboxylic acids is 1. The van der Waals surface area contributed by atoms with E-state index < -0.39 is 18.4 Å². The number of nitrogens with zero attached hydrogens (tertiary/aromatic N) is 2. The highest BCUT2D eigenvalue weighted by molar-refractivity contribution is 6.03. The molecule has 1 aliphatic heterocycles. The van der Waals surface area contributed by atoms with Gasteiger partial charge in [-0.15, -0.1) is 0 Å². The molecule has 1 saturated heterocycles. The number of hydrogen-bond acceptors (Lipinski definition) is 6. The van der Waals surface area contributed by atoms with Crippen LogP contribution >= 0.6 is 0 Å². The molecule has 0 spiro atoms. The summed E-state index contributed by atoms with van der Waals surface area (Å²) in [4.78, 5) is 19.0. The predicted molar refractivity (Wildman–Crippen MR) is 118 cm³/mol. The van der Waals surface area contributed by atoms with E-state index in [1.54, 1.807) is 20.1 Å². The van der Waals surface area contributed by atoms with Gasteiger partial charge < -0.3 is 24.1 Å². The number of aryl methyl sites for hydroxylation is 2. The van der Waals surface area contributed by atoms with Gasteiger partial charge in [-0.3, -0.25) is 9.18 Å². The van der Waals surface area contributed by atoms with Crippen LogP contribution in [0.3, 0.4) is 0 Å². The molecule has 2 aromatic rings. The molecule has 7 nitrogen and oxygen atoms in total. The van der Waals surface area contributed by atoms with E-state index in [1.807, 2.05) is 11.8 Å². The molecule has 178 valence electrons. The lowest BCUT2D eigenvalue weighted by Gasteiger charge is -2.45. The van der Waals surface area contributed by atoms with Gasteiger partial charge in [-0.05, 0) is 56.6 Å². The number of carbonyl (C=O) groups is 1. The lowest BCUT2D eigenvalue weighted by Crippen LogP contribution is -2.61. The molecular formula is C24H29F2N3O4. The highest BCUT2D eigenvalue weighted by atomic mass is 19.1. The van der Waals surface area contributed by atoms with Crippen molar-refractivity contribution >= 4 is 17.6 Å². The van der Waals surface area contributed by atoms with Gasteiger partial charge in [0.2, 0.25) is 0 Å². The quantitative estimate of drug-likeness (QED) is 0.632. The second kappa shape index (κ2) is 8.27. The molecule has 3 fully saturated rings. The highest BCUT2D eigenvalue weighted by Crippen LogP contribution is 2.52. The number of alkyl halides is 1. The number of oxazole rings is 1. The molecule has 9 heteroatoms. The molecule has 0 radical (unpaired) electrons. The van der Waals surface area contributed by atoms with Crippen LogP contribution in [0.15, 0.2) is 16.5 Å². The number of aromatic nitrogens is 1. The summed E-state index contributed by atoms with van der Waals surface area (Å²) in [5.41, 5.74) is 0.574. The molecular weight excluding hydrogens is 432 g/mol. The van der Waals surface area contributed by atoms with E-state index in [9.17, 15) is 13.6 Å². The van der Waals surface area contributed by atoms with Crippen LogP contribution in [-0.4, -0.2) is 49.5 Å². The largest absolute Gasteiger partial charge is 0.487 e. The molecule has 1 N–H and O–H groups in total. The second-order valence-electron chi connectivity index (χ2n) is 9.74. The van der Waals surface area contributed by atoms with Crippen molar-refractivity contribution in [2.45, 2.75) is 51.2 Å². The van der Waals surface area contributed by atoms with Gasteiger partial charge in [0, 0.05) is 25.3 Å². The van der Waals surface area contributed by atoms with Crippen molar-refractivity contribution < 1.29 is 27.5 Å². The topological polar surface area (TPSA) is 76.8 Å². The Hall–Kier alpha value is -2.68. The maximum absolute atomic E-state index is 14.8. The van der Waals surface area contributed by atoms with Crippen molar-refractivity contribution in [1.29, 1.82) is 0 Å². The minimum atomic E-state index is -0.687. The summed E-state index contributed by atoms with van der Waals surface area (Å²) in [6.45, 7) is 4.13. The SMILES string of the molecule is COC1(C)CN(c2nc(C(=O)Nc3cc(C)c(OC4CC5C[C@H]5C4)c(F)c3)c(CCF)o2)C1. The molecule has 1 amide bonds. The first-order valence-corrected chi connectivity index (χ1v) is 11.4. The number of nitrogens with one attached hydrogen (secondary N) is 1. The van der Waals surface area contributed by atoms with Gasteiger partial charge in [-0.25, -0.2) is 4.39 Å². The standard InChI is InChI=1S/C24H29F2N3O4/c1-13-6-16(10-18(26)21(13)32-17-8-14-7-15(14)9-17)27-22(30)20-19(4-5-25)33-23(28-20)29-11-24(2,12-29)31-3/h6,10,14-15,17H,4-5,7-9,11-12H2,1-3H3,(H,27,30)/t14-,15?,17?/m0/s1. The molecule has 2 aliphatic carbocycles. The summed E-state index contributed by atoms with van der Waals surface area (Å²) >= 11 is 0. The lowest BCUT2D eigenvalue weighted by atomic mass is 9.97. The molecule has 3 atom stereocenters. The Kier molecular flexibility index (Phi) is 5.55. The van der Waals surface area contributed by atoms with Crippen molar-refractivity contribution in [1.82, 2.24) is 4.98 Å². The van der Waals surface area contributed by atoms with Gasteiger partial charge in [0.1, 0.15) is 11.4 Å². The Balaban J connectivity index is 1.29. The van der Waals surface area contributed by atoms with E-state index in [1.165, 1.54) is 12.5 Å². The average Bonchev–Trinajstić information content (AvgIpc) is 3.16. The number of rotatable bonds is 8. The van der Waals surface area contributed by atoms with Crippen LogP contribution < -0.4 is 15.0 Å². The lowest BCUT2D eigenvalue weighted by molar-refractivity contribution is -0.0191. The van der Waals surface area contributed by atoms with Gasteiger partial charge >= 0.3 is 0 Å². The van der Waals surface area contributed by atoms with Crippen LogP contribution in [0.4, 0.5) is 20.5 Å². The van der Waals surface area contributed by atoms with Crippen molar-refractivity contribution in [3.63, 3.8) is 0 Å². The molecule has 3 aliphatic rings. The minimum absolute atomic E-state index is 0.00256. The first kappa shape index (κ1) is 22.1. The van der Waals surface area contributed by atoms with E-state index >= 15 is 0 Å². The number of anilines is 2. The Bertz CT molecular complexity index is 1030. The van der Waals surface area contributed by atoms with E-state index in [2.05, 4.69) is 10.3 Å². The summed E-state index contributed by atoms with van der Waals surface area (Å²) < 4.78 is 44.9. The van der Waals surface area contributed by atoms with E-state index in [4.69, 9.17) is 13.9 Å². The smallest absolute Gasteiger partial charge is 0.298 e. The maximum Gasteiger partial charge on any atom is 0.298 e. The molecule has 1 aromatic heterocycles. The average molecular weight is 462 g/mol. The fourth-order valence-electron chi connectivity index (χ4n) is 5.00. The number of methoxy groups -OCH3 is 1. The molecule has 2 unspecified atom stereocenters. The van der Waals surface area contributed by atoms with E-state index in [-0.39, 0.29) is 47.0 Å². The Morgan fingerprint density at radius 3 is 2.67 bits per heavy atom. The molecule has 0 bridgehead atoms. The van der Waals surface area contributed by atoms with E-state index in [0.29, 0.717) is 18.7 Å². The number of ether oxygens (including phenoxy) is 2. The zero-order valence-corrected chi connectivity index (χ0v) is 19.1. The van der Waals surface area contributed by atoms with Crippen LogP contribution in [0.5, 0.6) is 5.75 Å². The highest BCUT2D eigenvalue weighted by Gasteiger charge is 2.47. The zero-order chi connectivity index (χ0) is 23.3. The van der Waals surface area contributed by atoms with Gasteiger partial charge in [-0.1, -0.05) is 0 Å². The summed E-state index contributed by atoms with van der Waals surface area (Å²) in [5.74, 6) is 0.777. The van der Waals surface area contributed by atoms with Gasteiger partial charge in [0.05, 0.1) is 25.9 Å². The summed E-state index contributed by atoms with van der Waals surface area (Å²) in [7, 11) is 1.63. The summed E-state index contributed by atoms with van der Waals surface area (Å²) in [6, 6.07) is 3.16. The van der Waals surface area contributed by atoms with Gasteiger partial charge in [0.15, 0.2) is 17.3 Å². The number of benzene rings is 1. The van der Waals surface area contributed by atoms with Crippen LogP contribution in [0.25, 0.3) is 0 Å². The first-order chi connectivity index (χ1) is 15.8. The summed E-state index contributed by atoms with van der Waals surface area (Å²) in [6.07, 6.45) is 3.21. The van der Waals surface area contributed by atoms with Gasteiger partial charge in [0.25, 0.3) is 11.9 Å². The first-order valence-electron chi connectivity index (χ1n) is 11.4. The van der Waals surface area contributed by atoms with Crippen molar-refractivity contribution in [3.05, 3.63) is 35.0 Å². The Labute approximate surface area is 191 Å². The Morgan fingerprint density at radius 1 is 1.30 bits per heavy atom. The number of hydrogen-bond donors (Lipinski definition) is 1. The third kappa shape index (κ3) is 4.30. The molecule has 33 heavy (non-hydrogen) atoms. The third-order valence-corrected chi connectivity index (χ3v) is 7.01. The third-order valence-electron chi connectivity index (χ3n) is 7.01. The monoisotopic (exact) mass is 461 g/mol. The fraction of sp³-hybridized carbons (Fsp3) is 0.583. The molecule has 2 saturated carbocycles. The Morgan fingerprint density at radius 2 is 2.03 bits per heavy atom. The second-order valence-corrected chi connectivity index (χ2v) is 9.74. The van der Waals surface area contributed by atoms with Crippen LogP contribution in [0, 0.1) is 24.6 Å². The van der Waals surface area contributed by atoms with Crippen molar-refractivity contribution in [2.75, 3.05) is 37.1 Å². The fourth-order valence-corrected chi connectivity index (χ4v) is 5.00. The number of halogens is 2. The van der Waals surface area contributed by atoms with Crippen molar-refractivity contribution in [3.8, 4) is 5.75 Å². The maximum atomic E-state index is 14.8. The molecule has 2 heterocycles. The van der Waals surface area contributed by atoms with Gasteiger partial charge in [-0.2, -0.15) is 4.98 Å². The molecule has 5 rings (SSSR count). The number of amides is 1. The predicted octanol–water partition coefficient (Wildman–Crippen LogP) is 4.29.